The standard InChI is InChI=1S/C10H11BO4/c1-4-14-11(15-5-1)8-2-3-9-10(6-8)13-7-12-9/h2-3,6H,1,4-5,7H2. The van der Waals surface area contributed by atoms with E-state index in [4.69, 9.17) is 18.8 Å². The van der Waals surface area contributed by atoms with Crippen molar-refractivity contribution in [1.29, 1.82) is 0 Å². The Bertz CT molecular complexity index is 362. The van der Waals surface area contributed by atoms with Gasteiger partial charge in [-0.05, 0) is 24.0 Å². The molecule has 2 heterocycles. The zero-order valence-electron chi connectivity index (χ0n) is 8.27. The van der Waals surface area contributed by atoms with Crippen LogP contribution in [0.15, 0.2) is 18.2 Å². The molecule has 1 fully saturated rings. The predicted octanol–water partition coefficient (Wildman–Crippen LogP) is 0.547. The van der Waals surface area contributed by atoms with Crippen molar-refractivity contribution in [2.75, 3.05) is 20.0 Å². The lowest BCUT2D eigenvalue weighted by atomic mass is 9.78. The summed E-state index contributed by atoms with van der Waals surface area (Å²) in [5, 5.41) is 0. The molecule has 0 spiro atoms. The monoisotopic (exact) mass is 206 g/mol. The maximum atomic E-state index is 5.51. The summed E-state index contributed by atoms with van der Waals surface area (Å²) in [5.41, 5.74) is 0.985. The van der Waals surface area contributed by atoms with E-state index in [0.717, 1.165) is 36.6 Å². The van der Waals surface area contributed by atoms with Crippen LogP contribution in [0.3, 0.4) is 0 Å². The Balaban J connectivity index is 1.85. The first-order valence-corrected chi connectivity index (χ1v) is 5.06. The first-order valence-electron chi connectivity index (χ1n) is 5.06. The molecule has 5 heteroatoms. The van der Waals surface area contributed by atoms with Crippen molar-refractivity contribution in [3.05, 3.63) is 18.2 Å². The average molecular weight is 206 g/mol. The molecular formula is C10H11BO4. The minimum atomic E-state index is -0.256. The topological polar surface area (TPSA) is 36.9 Å². The molecule has 1 aromatic rings. The van der Waals surface area contributed by atoms with Gasteiger partial charge in [0.1, 0.15) is 0 Å². The molecule has 1 aromatic carbocycles. The number of fused-ring (bicyclic) bond motifs is 1. The van der Waals surface area contributed by atoms with Gasteiger partial charge in [0.25, 0.3) is 0 Å². The quantitative estimate of drug-likeness (QED) is 0.628. The largest absolute Gasteiger partial charge is 0.493 e. The number of hydrogen-bond donors (Lipinski definition) is 0. The van der Waals surface area contributed by atoms with E-state index in [0.29, 0.717) is 6.79 Å². The predicted molar refractivity (Wildman–Crippen MR) is 54.5 cm³/mol. The molecule has 0 atom stereocenters. The molecule has 0 saturated carbocycles. The van der Waals surface area contributed by atoms with E-state index in [9.17, 15) is 0 Å². The molecule has 4 nitrogen and oxygen atoms in total. The van der Waals surface area contributed by atoms with Gasteiger partial charge in [-0.25, -0.2) is 0 Å². The van der Waals surface area contributed by atoms with Crippen molar-refractivity contribution in [3.8, 4) is 11.5 Å². The normalized spacial score (nSPS) is 19.3. The van der Waals surface area contributed by atoms with Crippen molar-refractivity contribution in [2.24, 2.45) is 0 Å². The Morgan fingerprint density at radius 2 is 1.80 bits per heavy atom. The van der Waals surface area contributed by atoms with Gasteiger partial charge in [0, 0.05) is 13.2 Å². The Morgan fingerprint density at radius 1 is 1.00 bits per heavy atom. The summed E-state index contributed by atoms with van der Waals surface area (Å²) in [5.74, 6) is 1.56. The molecule has 1 saturated heterocycles. The average Bonchev–Trinajstić information content (AvgIpc) is 2.77. The zero-order chi connectivity index (χ0) is 10.1. The van der Waals surface area contributed by atoms with Crippen LogP contribution in [0, 0.1) is 0 Å². The maximum Gasteiger partial charge on any atom is 0.493 e. The second kappa shape index (κ2) is 3.75. The van der Waals surface area contributed by atoms with Crippen molar-refractivity contribution in [1.82, 2.24) is 0 Å². The van der Waals surface area contributed by atoms with Gasteiger partial charge in [0.2, 0.25) is 6.79 Å². The van der Waals surface area contributed by atoms with Gasteiger partial charge in [-0.1, -0.05) is 6.07 Å². The molecule has 2 aliphatic heterocycles. The molecule has 15 heavy (non-hydrogen) atoms. The molecule has 3 rings (SSSR count). The van der Waals surface area contributed by atoms with Crippen LogP contribution in [-0.2, 0) is 9.31 Å². The molecule has 0 N–H and O–H groups in total. The number of ether oxygens (including phenoxy) is 2. The van der Waals surface area contributed by atoms with Crippen molar-refractivity contribution in [3.63, 3.8) is 0 Å². The molecule has 0 bridgehead atoms. The van der Waals surface area contributed by atoms with Gasteiger partial charge < -0.3 is 18.8 Å². The molecule has 0 aromatic heterocycles. The highest BCUT2D eigenvalue weighted by molar-refractivity contribution is 6.61. The second-order valence-electron chi connectivity index (χ2n) is 3.54. The molecule has 0 unspecified atom stereocenters. The van der Waals surface area contributed by atoms with Crippen LogP contribution in [0.4, 0.5) is 0 Å². The first-order chi connectivity index (χ1) is 7.43. The third kappa shape index (κ3) is 1.68. The Morgan fingerprint density at radius 3 is 2.67 bits per heavy atom. The SMILES string of the molecule is c1cc2c(cc1B1OCCCO1)OCO2. The summed E-state index contributed by atoms with van der Waals surface area (Å²) in [6.45, 7) is 1.80. The highest BCUT2D eigenvalue weighted by Crippen LogP contribution is 2.30. The first kappa shape index (κ1) is 9.06. The van der Waals surface area contributed by atoms with Crippen LogP contribution in [0.25, 0.3) is 0 Å². The van der Waals surface area contributed by atoms with E-state index >= 15 is 0 Å². The molecule has 78 valence electrons. The van der Waals surface area contributed by atoms with Gasteiger partial charge in [-0.15, -0.1) is 0 Å². The molecule has 0 amide bonds. The third-order valence-electron chi connectivity index (χ3n) is 2.50. The summed E-state index contributed by atoms with van der Waals surface area (Å²) in [4.78, 5) is 0. The summed E-state index contributed by atoms with van der Waals surface area (Å²) in [7, 11) is -0.256. The van der Waals surface area contributed by atoms with Crippen LogP contribution in [0.2, 0.25) is 0 Å². The van der Waals surface area contributed by atoms with Crippen LogP contribution in [0.5, 0.6) is 11.5 Å². The zero-order valence-corrected chi connectivity index (χ0v) is 8.27. The van der Waals surface area contributed by atoms with Crippen molar-refractivity contribution in [2.45, 2.75) is 6.42 Å². The van der Waals surface area contributed by atoms with E-state index < -0.39 is 0 Å². The Kier molecular flexibility index (Phi) is 2.27. The molecule has 0 aliphatic carbocycles. The van der Waals surface area contributed by atoms with E-state index in [-0.39, 0.29) is 7.12 Å². The van der Waals surface area contributed by atoms with Gasteiger partial charge in [0.05, 0.1) is 0 Å². The summed E-state index contributed by atoms with van der Waals surface area (Å²) in [6, 6.07) is 5.75. The van der Waals surface area contributed by atoms with E-state index in [1.165, 1.54) is 0 Å². The Labute approximate surface area is 88.2 Å². The molecule has 0 radical (unpaired) electrons. The summed E-state index contributed by atoms with van der Waals surface area (Å²) in [6.07, 6.45) is 0.959. The van der Waals surface area contributed by atoms with E-state index in [2.05, 4.69) is 0 Å². The van der Waals surface area contributed by atoms with Crippen LogP contribution in [-0.4, -0.2) is 27.1 Å². The smallest absolute Gasteiger partial charge is 0.454 e. The van der Waals surface area contributed by atoms with Gasteiger partial charge in [0.15, 0.2) is 11.5 Å². The van der Waals surface area contributed by atoms with Gasteiger partial charge >= 0.3 is 7.12 Å². The molecular weight excluding hydrogens is 195 g/mol. The van der Waals surface area contributed by atoms with Crippen molar-refractivity contribution < 1.29 is 18.8 Å². The number of rotatable bonds is 1. The van der Waals surface area contributed by atoms with E-state index in [1.807, 2.05) is 18.2 Å². The highest BCUT2D eigenvalue weighted by atomic mass is 16.7. The highest BCUT2D eigenvalue weighted by Gasteiger charge is 2.26. The van der Waals surface area contributed by atoms with Crippen LogP contribution < -0.4 is 14.9 Å². The van der Waals surface area contributed by atoms with E-state index in [1.54, 1.807) is 0 Å². The fourth-order valence-electron chi connectivity index (χ4n) is 1.74. The minimum Gasteiger partial charge on any atom is -0.454 e. The molecule has 2 aliphatic rings. The lowest BCUT2D eigenvalue weighted by molar-refractivity contribution is 0.143. The Hall–Kier alpha value is -1.20. The third-order valence-corrected chi connectivity index (χ3v) is 2.50. The van der Waals surface area contributed by atoms with Crippen molar-refractivity contribution >= 4 is 12.6 Å². The lowest BCUT2D eigenvalue weighted by Gasteiger charge is -2.19. The minimum absolute atomic E-state index is 0.256. The summed E-state index contributed by atoms with van der Waals surface area (Å²) >= 11 is 0. The van der Waals surface area contributed by atoms with Crippen LogP contribution in [0.1, 0.15) is 6.42 Å². The maximum absolute atomic E-state index is 5.51. The lowest BCUT2D eigenvalue weighted by Crippen LogP contribution is -2.40. The number of benzene rings is 1. The fraction of sp³-hybridized carbons (Fsp3) is 0.400. The van der Waals surface area contributed by atoms with Gasteiger partial charge in [-0.2, -0.15) is 0 Å². The summed E-state index contributed by atoms with van der Waals surface area (Å²) < 4.78 is 21.5. The van der Waals surface area contributed by atoms with Crippen LogP contribution >= 0.6 is 0 Å². The second-order valence-corrected chi connectivity index (χ2v) is 3.54. The fourth-order valence-corrected chi connectivity index (χ4v) is 1.74. The number of hydrogen-bond acceptors (Lipinski definition) is 4. The van der Waals surface area contributed by atoms with Gasteiger partial charge in [-0.3, -0.25) is 0 Å².